The van der Waals surface area contributed by atoms with Gasteiger partial charge in [-0.1, -0.05) is 29.8 Å². The van der Waals surface area contributed by atoms with Crippen molar-refractivity contribution in [1.29, 1.82) is 0 Å². The number of hydrogen-bond donors (Lipinski definition) is 1. The molecule has 0 spiro atoms. The molecule has 4 rings (SSSR count). The Hall–Kier alpha value is -2.58. The molecule has 166 valence electrons. The van der Waals surface area contributed by atoms with E-state index >= 15 is 0 Å². The van der Waals surface area contributed by atoms with Gasteiger partial charge >= 0.3 is 0 Å². The number of ether oxygens (including phenoxy) is 2. The summed E-state index contributed by atoms with van der Waals surface area (Å²) in [5, 5.41) is 2.90. The highest BCUT2D eigenvalue weighted by Crippen LogP contribution is 2.34. The van der Waals surface area contributed by atoms with Crippen LogP contribution in [0.3, 0.4) is 0 Å². The van der Waals surface area contributed by atoms with Crippen molar-refractivity contribution in [3.63, 3.8) is 0 Å². The summed E-state index contributed by atoms with van der Waals surface area (Å²) in [6, 6.07) is 8.57. The van der Waals surface area contributed by atoms with Crippen LogP contribution in [0.1, 0.15) is 35.1 Å². The number of nitrogens with one attached hydrogen (secondary N) is 1. The quantitative estimate of drug-likeness (QED) is 0.767. The Kier molecular flexibility index (Phi) is 5.94. The molecule has 8 heteroatoms. The number of para-hydroxylation sites is 1. The highest BCUT2D eigenvalue weighted by atomic mass is 32.2. The van der Waals surface area contributed by atoms with Crippen molar-refractivity contribution in [3.05, 3.63) is 52.6 Å². The summed E-state index contributed by atoms with van der Waals surface area (Å²) < 4.78 is 39.6. The van der Waals surface area contributed by atoms with E-state index in [1.54, 1.807) is 13.8 Å². The molecule has 2 aromatic rings. The second-order valence-electron chi connectivity index (χ2n) is 8.16. The van der Waals surface area contributed by atoms with Crippen LogP contribution in [0.4, 0.5) is 0 Å². The van der Waals surface area contributed by atoms with Gasteiger partial charge in [0.25, 0.3) is 0 Å². The van der Waals surface area contributed by atoms with Gasteiger partial charge in [-0.05, 0) is 50.8 Å². The molecule has 1 N–H and O–H groups in total. The average molecular weight is 445 g/mol. The fourth-order valence-corrected chi connectivity index (χ4v) is 6.63. The number of carbonyl (C=O) groups is 1. The predicted octanol–water partition coefficient (Wildman–Crippen LogP) is 2.85. The second-order valence-corrected chi connectivity index (χ2v) is 9.99. The lowest BCUT2D eigenvalue weighted by atomic mass is 10.1. The van der Waals surface area contributed by atoms with Crippen molar-refractivity contribution in [3.8, 4) is 11.5 Å². The van der Waals surface area contributed by atoms with E-state index in [4.69, 9.17) is 9.47 Å². The Balaban J connectivity index is 1.53. The van der Waals surface area contributed by atoms with E-state index in [9.17, 15) is 13.2 Å². The third-order valence-corrected chi connectivity index (χ3v) is 7.99. The number of hydrogen-bond acceptors (Lipinski definition) is 5. The minimum Gasteiger partial charge on any atom is -0.486 e. The van der Waals surface area contributed by atoms with Crippen LogP contribution in [0.25, 0.3) is 0 Å². The molecule has 2 aromatic carbocycles. The summed E-state index contributed by atoms with van der Waals surface area (Å²) in [5.41, 5.74) is 3.23. The molecule has 2 aliphatic heterocycles. The summed E-state index contributed by atoms with van der Waals surface area (Å²) in [6.07, 6.45) is 1.15. The maximum absolute atomic E-state index is 13.5. The smallest absolute Gasteiger partial charge is 0.244 e. The largest absolute Gasteiger partial charge is 0.486 e. The average Bonchev–Trinajstić information content (AvgIpc) is 3.22. The van der Waals surface area contributed by atoms with E-state index in [0.717, 1.165) is 11.1 Å². The van der Waals surface area contributed by atoms with Crippen molar-refractivity contribution < 1.29 is 22.7 Å². The Morgan fingerprint density at radius 2 is 1.84 bits per heavy atom. The normalized spacial score (nSPS) is 18.7. The van der Waals surface area contributed by atoms with Crippen LogP contribution < -0.4 is 14.8 Å². The first-order valence-electron chi connectivity index (χ1n) is 10.5. The molecule has 1 amide bonds. The van der Waals surface area contributed by atoms with Crippen LogP contribution in [-0.4, -0.2) is 44.4 Å². The topological polar surface area (TPSA) is 84.9 Å². The van der Waals surface area contributed by atoms with Crippen LogP contribution >= 0.6 is 0 Å². The van der Waals surface area contributed by atoms with E-state index in [2.05, 4.69) is 5.32 Å². The van der Waals surface area contributed by atoms with Crippen LogP contribution in [-0.2, 0) is 21.4 Å². The van der Waals surface area contributed by atoms with Crippen molar-refractivity contribution >= 4 is 15.9 Å². The summed E-state index contributed by atoms with van der Waals surface area (Å²) >= 11 is 0. The molecule has 7 nitrogen and oxygen atoms in total. The summed E-state index contributed by atoms with van der Waals surface area (Å²) in [5.74, 6) is 1.00. The number of aryl methyl sites for hydroxylation is 3. The van der Waals surface area contributed by atoms with Gasteiger partial charge in [-0.3, -0.25) is 4.79 Å². The molecular formula is C23H28N2O5S. The molecule has 2 heterocycles. The third-order valence-electron chi connectivity index (χ3n) is 5.78. The number of fused-ring (bicyclic) bond motifs is 1. The standard InChI is InChI=1S/C23H28N2O5S/c1-15-12-16(2)22(17(3)13-15)31(27,28)25-9-5-7-19(25)23(26)24-14-18-6-4-8-20-21(18)30-11-10-29-20/h4,6,8,12-13,19H,5,7,9-11,14H2,1-3H3,(H,24,26). The molecule has 0 bridgehead atoms. The van der Waals surface area contributed by atoms with Crippen LogP contribution in [0.5, 0.6) is 11.5 Å². The zero-order valence-corrected chi connectivity index (χ0v) is 18.9. The fraction of sp³-hybridized carbons (Fsp3) is 0.435. The maximum Gasteiger partial charge on any atom is 0.244 e. The first-order valence-corrected chi connectivity index (χ1v) is 12.0. The van der Waals surface area contributed by atoms with Crippen molar-refractivity contribution in [2.75, 3.05) is 19.8 Å². The van der Waals surface area contributed by atoms with Crippen molar-refractivity contribution in [1.82, 2.24) is 9.62 Å². The molecule has 1 unspecified atom stereocenters. The van der Waals surface area contributed by atoms with E-state index < -0.39 is 16.1 Å². The van der Waals surface area contributed by atoms with E-state index in [1.807, 2.05) is 37.3 Å². The van der Waals surface area contributed by atoms with E-state index in [1.165, 1.54) is 4.31 Å². The highest BCUT2D eigenvalue weighted by Gasteiger charge is 2.40. The highest BCUT2D eigenvalue weighted by molar-refractivity contribution is 7.89. The van der Waals surface area contributed by atoms with Gasteiger partial charge in [0.2, 0.25) is 15.9 Å². The summed E-state index contributed by atoms with van der Waals surface area (Å²) in [7, 11) is -3.78. The van der Waals surface area contributed by atoms with E-state index in [-0.39, 0.29) is 12.5 Å². The van der Waals surface area contributed by atoms with Gasteiger partial charge in [-0.15, -0.1) is 0 Å². The first kappa shape index (κ1) is 21.6. The van der Waals surface area contributed by atoms with Crippen LogP contribution in [0.2, 0.25) is 0 Å². The van der Waals surface area contributed by atoms with Crippen molar-refractivity contribution in [2.24, 2.45) is 0 Å². The van der Waals surface area contributed by atoms with Gasteiger partial charge < -0.3 is 14.8 Å². The lowest BCUT2D eigenvalue weighted by Gasteiger charge is -2.26. The molecular weight excluding hydrogens is 416 g/mol. The van der Waals surface area contributed by atoms with E-state index in [0.29, 0.717) is 60.1 Å². The Morgan fingerprint density at radius 3 is 2.58 bits per heavy atom. The number of nitrogens with zero attached hydrogens (tertiary/aromatic N) is 1. The summed E-state index contributed by atoms with van der Waals surface area (Å²) in [4.78, 5) is 13.3. The number of sulfonamides is 1. The number of carbonyl (C=O) groups excluding carboxylic acids is 1. The lowest BCUT2D eigenvalue weighted by molar-refractivity contribution is -0.124. The minimum atomic E-state index is -3.78. The molecule has 31 heavy (non-hydrogen) atoms. The molecule has 2 aliphatic rings. The Labute approximate surface area is 183 Å². The SMILES string of the molecule is Cc1cc(C)c(S(=O)(=O)N2CCCC2C(=O)NCc2cccc3c2OCCO3)c(C)c1. The monoisotopic (exact) mass is 444 g/mol. The number of benzene rings is 2. The third kappa shape index (κ3) is 4.14. The molecule has 0 radical (unpaired) electrons. The van der Waals surface area contributed by atoms with Gasteiger partial charge in [0.05, 0.1) is 4.90 Å². The van der Waals surface area contributed by atoms with Crippen LogP contribution in [0.15, 0.2) is 35.2 Å². The van der Waals surface area contributed by atoms with Gasteiger partial charge in [-0.2, -0.15) is 4.31 Å². The molecule has 0 saturated carbocycles. The molecule has 0 aromatic heterocycles. The number of amides is 1. The van der Waals surface area contributed by atoms with Gasteiger partial charge in [0.15, 0.2) is 11.5 Å². The first-order chi connectivity index (χ1) is 14.8. The number of rotatable bonds is 5. The van der Waals surface area contributed by atoms with Crippen LogP contribution in [0, 0.1) is 20.8 Å². The fourth-order valence-electron chi connectivity index (χ4n) is 4.55. The molecule has 0 aliphatic carbocycles. The van der Waals surface area contributed by atoms with Crippen molar-refractivity contribution in [2.45, 2.75) is 51.1 Å². The Bertz CT molecular complexity index is 1090. The predicted molar refractivity (Wildman–Crippen MR) is 117 cm³/mol. The zero-order valence-electron chi connectivity index (χ0n) is 18.1. The maximum atomic E-state index is 13.5. The van der Waals surface area contributed by atoms with Gasteiger partial charge in [-0.25, -0.2) is 8.42 Å². The van der Waals surface area contributed by atoms with Gasteiger partial charge in [0.1, 0.15) is 19.3 Å². The zero-order chi connectivity index (χ0) is 22.2. The minimum absolute atomic E-state index is 0.248. The summed E-state index contributed by atoms with van der Waals surface area (Å²) in [6.45, 7) is 7.09. The molecule has 1 atom stereocenters. The second kappa shape index (κ2) is 8.51. The molecule has 1 fully saturated rings. The lowest BCUT2D eigenvalue weighted by Crippen LogP contribution is -2.46. The Morgan fingerprint density at radius 1 is 1.13 bits per heavy atom. The molecule has 1 saturated heterocycles. The van der Waals surface area contributed by atoms with Gasteiger partial charge in [0, 0.05) is 18.7 Å².